The molecule has 0 amide bonds. The van der Waals surface area contributed by atoms with Gasteiger partial charge in [-0.05, 0) is 44.4 Å². The third kappa shape index (κ3) is 4.63. The molecule has 1 aromatic carbocycles. The lowest BCUT2D eigenvalue weighted by Gasteiger charge is -2.25. The quantitative estimate of drug-likeness (QED) is 0.405. The summed E-state index contributed by atoms with van der Waals surface area (Å²) in [4.78, 5) is 9.02. The van der Waals surface area contributed by atoms with E-state index in [1.54, 1.807) is 17.1 Å². The number of hydrogen-bond donors (Lipinski definition) is 2. The Bertz CT molecular complexity index is 1240. The maximum Gasteiger partial charge on any atom is 0.229 e. The zero-order chi connectivity index (χ0) is 23.5. The molecule has 0 bridgehead atoms. The maximum absolute atomic E-state index is 9.05. The topological polar surface area (TPSA) is 125 Å². The predicted octanol–water partition coefficient (Wildman–Crippen LogP) is 2.75. The van der Waals surface area contributed by atoms with Crippen LogP contribution in [0.3, 0.4) is 0 Å². The zero-order valence-corrected chi connectivity index (χ0v) is 19.3. The Labute approximate surface area is 196 Å². The van der Waals surface area contributed by atoms with Gasteiger partial charge in [-0.2, -0.15) is 14.8 Å². The predicted molar refractivity (Wildman–Crippen MR) is 125 cm³/mol. The first-order valence-electron chi connectivity index (χ1n) is 11.4. The molecule has 1 fully saturated rings. The van der Waals surface area contributed by atoms with Crippen molar-refractivity contribution in [2.75, 3.05) is 31.7 Å². The van der Waals surface area contributed by atoms with Gasteiger partial charge in [0.25, 0.3) is 0 Å². The van der Waals surface area contributed by atoms with E-state index < -0.39 is 5.60 Å². The number of benzene rings is 1. The molecule has 1 saturated heterocycles. The second-order valence-electron chi connectivity index (χ2n) is 8.71. The highest BCUT2D eigenvalue weighted by Gasteiger charge is 2.21. The summed E-state index contributed by atoms with van der Waals surface area (Å²) in [6.45, 7) is 5.73. The molecule has 0 unspecified atom stereocenters. The van der Waals surface area contributed by atoms with Crippen molar-refractivity contribution in [2.45, 2.75) is 38.3 Å². The molecule has 0 atom stereocenters. The minimum atomic E-state index is -0.514. The summed E-state index contributed by atoms with van der Waals surface area (Å²) in [5.41, 5.74) is 3.31. The van der Waals surface area contributed by atoms with Gasteiger partial charge in [0, 0.05) is 19.4 Å². The van der Waals surface area contributed by atoms with Crippen LogP contribution in [0, 0.1) is 0 Å². The van der Waals surface area contributed by atoms with E-state index >= 15 is 0 Å². The third-order valence-corrected chi connectivity index (χ3v) is 5.98. The van der Waals surface area contributed by atoms with Gasteiger partial charge in [0.05, 0.1) is 48.6 Å². The van der Waals surface area contributed by atoms with Gasteiger partial charge in [0.15, 0.2) is 11.2 Å². The number of anilines is 2. The summed E-state index contributed by atoms with van der Waals surface area (Å²) < 4.78 is 14.8. The second kappa shape index (κ2) is 9.45. The van der Waals surface area contributed by atoms with E-state index in [0.29, 0.717) is 23.2 Å². The average molecular weight is 465 g/mol. The highest BCUT2D eigenvalue weighted by Crippen LogP contribution is 2.26. The van der Waals surface area contributed by atoms with Crippen molar-refractivity contribution in [3.63, 3.8) is 0 Å². The van der Waals surface area contributed by atoms with Gasteiger partial charge in [-0.3, -0.25) is 4.68 Å². The Hall–Kier alpha value is -3.41. The Morgan fingerprint density at radius 2 is 1.97 bits per heavy atom. The molecule has 5 rings (SSSR count). The number of fused-ring (bicyclic) bond motifs is 1. The summed E-state index contributed by atoms with van der Waals surface area (Å²) >= 11 is 0. The normalized spacial score (nSPS) is 15.1. The summed E-state index contributed by atoms with van der Waals surface area (Å²) in [5, 5.41) is 25.2. The van der Waals surface area contributed by atoms with Gasteiger partial charge in [-0.1, -0.05) is 17.3 Å². The van der Waals surface area contributed by atoms with Crippen molar-refractivity contribution in [3.8, 4) is 5.69 Å². The van der Waals surface area contributed by atoms with Crippen LogP contribution in [0.1, 0.15) is 38.3 Å². The van der Waals surface area contributed by atoms with Gasteiger partial charge in [0.2, 0.25) is 5.95 Å². The van der Waals surface area contributed by atoms with E-state index in [4.69, 9.17) is 14.6 Å². The summed E-state index contributed by atoms with van der Waals surface area (Å²) in [6.07, 6.45) is 7.31. The van der Waals surface area contributed by atoms with E-state index in [2.05, 4.69) is 30.7 Å². The van der Waals surface area contributed by atoms with Crippen LogP contribution < -0.4 is 5.32 Å². The lowest BCUT2D eigenvalue weighted by atomic mass is 9.98. The smallest absolute Gasteiger partial charge is 0.229 e. The van der Waals surface area contributed by atoms with Crippen LogP contribution in [0.4, 0.5) is 11.6 Å². The molecule has 11 heteroatoms. The van der Waals surface area contributed by atoms with Crippen LogP contribution in [0.25, 0.3) is 16.9 Å². The Balaban J connectivity index is 1.36. The molecule has 4 aromatic rings. The van der Waals surface area contributed by atoms with Crippen molar-refractivity contribution >= 4 is 22.8 Å². The van der Waals surface area contributed by atoms with Gasteiger partial charge < -0.3 is 19.9 Å². The molecule has 34 heavy (non-hydrogen) atoms. The van der Waals surface area contributed by atoms with Gasteiger partial charge in [-0.25, -0.2) is 4.98 Å². The molecule has 0 aliphatic carbocycles. The number of rotatable bonds is 8. The molecule has 4 heterocycles. The summed E-state index contributed by atoms with van der Waals surface area (Å²) in [5.74, 6) is 0.442. The molecule has 1 aliphatic rings. The number of ether oxygens (including phenoxy) is 2. The molecular formula is C23H28N8O3. The maximum atomic E-state index is 9.05. The highest BCUT2D eigenvalue weighted by atomic mass is 16.5. The first-order chi connectivity index (χ1) is 16.5. The lowest BCUT2D eigenvalue weighted by Crippen LogP contribution is -2.23. The number of nitrogens with zero attached hydrogens (tertiary/aromatic N) is 7. The van der Waals surface area contributed by atoms with Crippen LogP contribution in [0.2, 0.25) is 0 Å². The molecule has 11 nitrogen and oxygen atoms in total. The van der Waals surface area contributed by atoms with Crippen molar-refractivity contribution in [2.24, 2.45) is 0 Å². The molecule has 178 valence electrons. The van der Waals surface area contributed by atoms with Crippen LogP contribution in [0.5, 0.6) is 0 Å². The largest absolute Gasteiger partial charge is 0.394 e. The van der Waals surface area contributed by atoms with E-state index in [9.17, 15) is 0 Å². The summed E-state index contributed by atoms with van der Waals surface area (Å²) in [6, 6.07) is 8.19. The van der Waals surface area contributed by atoms with Crippen LogP contribution >= 0.6 is 0 Å². The van der Waals surface area contributed by atoms with Gasteiger partial charge in [-0.15, -0.1) is 5.10 Å². The van der Waals surface area contributed by atoms with Crippen molar-refractivity contribution < 1.29 is 14.6 Å². The van der Waals surface area contributed by atoms with E-state index in [1.165, 1.54) is 0 Å². The van der Waals surface area contributed by atoms with E-state index in [-0.39, 0.29) is 13.2 Å². The Morgan fingerprint density at radius 1 is 1.18 bits per heavy atom. The van der Waals surface area contributed by atoms with Gasteiger partial charge >= 0.3 is 0 Å². The first-order valence-corrected chi connectivity index (χ1v) is 11.4. The number of aliphatic hydroxyl groups is 1. The minimum absolute atomic E-state index is 0.0150. The average Bonchev–Trinajstić information content (AvgIpc) is 3.50. The molecule has 0 saturated carbocycles. The third-order valence-electron chi connectivity index (χ3n) is 5.98. The van der Waals surface area contributed by atoms with Crippen molar-refractivity contribution in [1.82, 2.24) is 34.7 Å². The first kappa shape index (κ1) is 22.4. The van der Waals surface area contributed by atoms with E-state index in [1.807, 2.05) is 49.0 Å². The fraction of sp³-hybridized carbons (Fsp3) is 0.435. The number of nitrogens with one attached hydrogen (secondary N) is 1. The van der Waals surface area contributed by atoms with Crippen molar-refractivity contribution in [3.05, 3.63) is 48.4 Å². The molecule has 0 radical (unpaired) electrons. The molecule has 3 aromatic heterocycles. The number of hydrogen-bond acceptors (Lipinski definition) is 9. The van der Waals surface area contributed by atoms with Crippen LogP contribution in [0.15, 0.2) is 42.9 Å². The number of aliphatic hydroxyl groups excluding tert-OH is 1. The molecule has 1 aliphatic heterocycles. The lowest BCUT2D eigenvalue weighted by molar-refractivity contribution is -0.0369. The Kier molecular flexibility index (Phi) is 6.22. The Morgan fingerprint density at radius 3 is 2.74 bits per heavy atom. The fourth-order valence-corrected chi connectivity index (χ4v) is 4.03. The fourth-order valence-electron chi connectivity index (χ4n) is 4.03. The number of aromatic nitrogens is 7. The second-order valence-corrected chi connectivity index (χ2v) is 8.71. The summed E-state index contributed by atoms with van der Waals surface area (Å²) in [7, 11) is 0. The monoisotopic (exact) mass is 464 g/mol. The van der Waals surface area contributed by atoms with E-state index in [0.717, 1.165) is 43.0 Å². The molecule has 0 spiro atoms. The minimum Gasteiger partial charge on any atom is -0.394 e. The van der Waals surface area contributed by atoms with Crippen molar-refractivity contribution in [1.29, 1.82) is 0 Å². The molecule has 2 N–H and O–H groups in total. The zero-order valence-electron chi connectivity index (χ0n) is 19.3. The van der Waals surface area contributed by atoms with Crippen LogP contribution in [-0.2, 0) is 15.1 Å². The highest BCUT2D eigenvalue weighted by molar-refractivity contribution is 5.72. The molecular weight excluding hydrogens is 436 g/mol. The standard InChI is InChI=1S/C23H28N8O3/c1-23(2,34-12-9-32)16-3-5-19(6-4-16)31-21-20(28-29-31)14-24-22(27-21)26-17-13-25-30(15-17)18-7-10-33-11-8-18/h3-6,13-15,18,32H,7-12H2,1-2H3,(H,24,26,27). The van der Waals surface area contributed by atoms with Gasteiger partial charge in [0.1, 0.15) is 0 Å². The SMILES string of the molecule is CC(C)(OCCO)c1ccc(-n2nnc3cnc(Nc4cnn(C5CCOCC5)c4)nc32)cc1. The van der Waals surface area contributed by atoms with Crippen LogP contribution in [-0.4, -0.2) is 66.3 Å².